The maximum absolute atomic E-state index is 12.1. The van der Waals surface area contributed by atoms with Gasteiger partial charge in [0.1, 0.15) is 18.0 Å². The second-order valence-corrected chi connectivity index (χ2v) is 6.89. The Hall–Kier alpha value is -3.52. The summed E-state index contributed by atoms with van der Waals surface area (Å²) < 4.78 is 0. The number of aliphatic hydroxyl groups is 1. The van der Waals surface area contributed by atoms with E-state index in [1.807, 2.05) is 43.3 Å². The standard InChI is InChI=1S/C21H21N5O3/c1-3-26-18(19(28)17(25-26)13-7-5-4-6-8-13)20-23-15-9-12(2)14(10-16(15)24-20)21(29)22-11-27/h4-11,18-19,28H,3H2,1-2H3,(H,23,24)(H,22,27,29). The molecular weight excluding hydrogens is 370 g/mol. The largest absolute Gasteiger partial charge is 0.384 e. The monoisotopic (exact) mass is 391 g/mol. The van der Waals surface area contributed by atoms with Gasteiger partial charge in [-0.1, -0.05) is 30.3 Å². The molecule has 1 aliphatic heterocycles. The van der Waals surface area contributed by atoms with Gasteiger partial charge in [-0.2, -0.15) is 5.10 Å². The minimum absolute atomic E-state index is 0.360. The number of hydrogen-bond donors (Lipinski definition) is 3. The first-order valence-electron chi connectivity index (χ1n) is 9.37. The Labute approximate surface area is 167 Å². The SMILES string of the molecule is CCN1N=C(c2ccccc2)C(O)C1c1nc2cc(C(=O)NC=O)c(C)cc2[nH]1. The summed E-state index contributed by atoms with van der Waals surface area (Å²) >= 11 is 0. The molecule has 1 aliphatic rings. The van der Waals surface area contributed by atoms with Crippen LogP contribution in [-0.2, 0) is 4.79 Å². The van der Waals surface area contributed by atoms with Gasteiger partial charge in [-0.05, 0) is 31.5 Å². The van der Waals surface area contributed by atoms with Crippen LogP contribution in [0, 0.1) is 6.92 Å². The zero-order valence-electron chi connectivity index (χ0n) is 16.1. The molecule has 3 N–H and O–H groups in total. The summed E-state index contributed by atoms with van der Waals surface area (Å²) in [7, 11) is 0. The molecule has 2 aromatic carbocycles. The molecule has 2 amide bonds. The van der Waals surface area contributed by atoms with Crippen LogP contribution < -0.4 is 5.32 Å². The van der Waals surface area contributed by atoms with Gasteiger partial charge in [0.05, 0.1) is 16.7 Å². The van der Waals surface area contributed by atoms with E-state index in [4.69, 9.17) is 0 Å². The molecule has 0 saturated carbocycles. The topological polar surface area (TPSA) is 111 Å². The Bertz CT molecular complexity index is 1110. The number of nitrogens with one attached hydrogen (secondary N) is 2. The number of carbonyl (C=O) groups excluding carboxylic acids is 2. The molecule has 4 rings (SSSR count). The van der Waals surface area contributed by atoms with Gasteiger partial charge in [-0.25, -0.2) is 4.98 Å². The summed E-state index contributed by atoms with van der Waals surface area (Å²) in [5, 5.41) is 19.6. The molecule has 148 valence electrons. The fourth-order valence-electron chi connectivity index (χ4n) is 3.67. The Morgan fingerprint density at radius 1 is 1.31 bits per heavy atom. The summed E-state index contributed by atoms with van der Waals surface area (Å²) in [6, 6.07) is 12.5. The van der Waals surface area contributed by atoms with Crippen molar-refractivity contribution in [2.24, 2.45) is 5.10 Å². The highest BCUT2D eigenvalue weighted by atomic mass is 16.3. The Balaban J connectivity index is 1.72. The van der Waals surface area contributed by atoms with Crippen LogP contribution in [0.3, 0.4) is 0 Å². The van der Waals surface area contributed by atoms with Crippen molar-refractivity contribution in [1.82, 2.24) is 20.3 Å². The van der Waals surface area contributed by atoms with Crippen molar-refractivity contribution in [2.45, 2.75) is 26.0 Å². The van der Waals surface area contributed by atoms with E-state index >= 15 is 0 Å². The average Bonchev–Trinajstić information content (AvgIpc) is 3.27. The molecular formula is C21H21N5O3. The van der Waals surface area contributed by atoms with Crippen LogP contribution in [0.25, 0.3) is 11.0 Å². The lowest BCUT2D eigenvalue weighted by Gasteiger charge is -2.22. The molecule has 29 heavy (non-hydrogen) atoms. The number of hydrogen-bond acceptors (Lipinski definition) is 6. The molecule has 0 fully saturated rings. The summed E-state index contributed by atoms with van der Waals surface area (Å²) in [5.41, 5.74) is 3.88. The number of imidazole rings is 1. The second kappa shape index (κ2) is 7.48. The number of benzene rings is 2. The van der Waals surface area contributed by atoms with Gasteiger partial charge in [-0.15, -0.1) is 0 Å². The van der Waals surface area contributed by atoms with Crippen molar-refractivity contribution in [3.05, 3.63) is 65.0 Å². The van der Waals surface area contributed by atoms with E-state index < -0.39 is 18.1 Å². The summed E-state index contributed by atoms with van der Waals surface area (Å²) in [5.74, 6) is 0.0890. The van der Waals surface area contributed by atoms with E-state index in [0.29, 0.717) is 41.1 Å². The number of amides is 2. The lowest BCUT2D eigenvalue weighted by Crippen LogP contribution is -2.30. The summed E-state index contributed by atoms with van der Waals surface area (Å²) in [4.78, 5) is 30.5. The van der Waals surface area contributed by atoms with E-state index in [9.17, 15) is 14.7 Å². The van der Waals surface area contributed by atoms with Gasteiger partial charge >= 0.3 is 0 Å². The van der Waals surface area contributed by atoms with Gasteiger partial charge in [0.2, 0.25) is 6.41 Å². The molecule has 0 radical (unpaired) electrons. The molecule has 0 spiro atoms. The van der Waals surface area contributed by atoms with Crippen LogP contribution in [0.4, 0.5) is 0 Å². The number of likely N-dealkylation sites (N-methyl/N-ethyl adjacent to an activating group) is 1. The molecule has 0 saturated heterocycles. The molecule has 0 bridgehead atoms. The molecule has 2 atom stereocenters. The fourth-order valence-corrected chi connectivity index (χ4v) is 3.67. The lowest BCUT2D eigenvalue weighted by molar-refractivity contribution is -0.108. The molecule has 3 aromatic rings. The molecule has 8 nitrogen and oxygen atoms in total. The van der Waals surface area contributed by atoms with Crippen LogP contribution in [-0.4, -0.2) is 50.8 Å². The van der Waals surface area contributed by atoms with E-state index in [1.165, 1.54) is 0 Å². The minimum atomic E-state index is -0.850. The third-order valence-corrected chi connectivity index (χ3v) is 5.09. The first-order valence-corrected chi connectivity index (χ1v) is 9.37. The fraction of sp³-hybridized carbons (Fsp3) is 0.238. The minimum Gasteiger partial charge on any atom is -0.384 e. The zero-order valence-corrected chi connectivity index (χ0v) is 16.1. The normalized spacial score (nSPS) is 18.7. The summed E-state index contributed by atoms with van der Waals surface area (Å²) in [6.45, 7) is 4.35. The molecule has 1 aromatic heterocycles. The van der Waals surface area contributed by atoms with E-state index in [2.05, 4.69) is 20.4 Å². The van der Waals surface area contributed by atoms with E-state index in [0.717, 1.165) is 11.1 Å². The van der Waals surface area contributed by atoms with E-state index in [1.54, 1.807) is 18.0 Å². The number of carbonyl (C=O) groups is 2. The summed E-state index contributed by atoms with van der Waals surface area (Å²) in [6.07, 6.45) is -0.491. The number of aliphatic hydroxyl groups excluding tert-OH is 1. The number of aromatic amines is 1. The Kier molecular flexibility index (Phi) is 4.85. The van der Waals surface area contributed by atoms with Crippen LogP contribution >= 0.6 is 0 Å². The highest BCUT2D eigenvalue weighted by Gasteiger charge is 2.39. The van der Waals surface area contributed by atoms with Crippen molar-refractivity contribution in [1.29, 1.82) is 0 Å². The maximum Gasteiger partial charge on any atom is 0.257 e. The number of H-pyrrole nitrogens is 1. The molecule has 2 heterocycles. The van der Waals surface area contributed by atoms with Gasteiger partial charge in [0.15, 0.2) is 0 Å². The van der Waals surface area contributed by atoms with Gasteiger partial charge in [-0.3, -0.25) is 19.9 Å². The predicted molar refractivity (Wildman–Crippen MR) is 108 cm³/mol. The lowest BCUT2D eigenvalue weighted by atomic mass is 10.0. The third-order valence-electron chi connectivity index (χ3n) is 5.09. The quantitative estimate of drug-likeness (QED) is 0.576. The number of imide groups is 1. The Morgan fingerprint density at radius 2 is 2.07 bits per heavy atom. The average molecular weight is 391 g/mol. The van der Waals surface area contributed by atoms with Gasteiger partial charge in [0.25, 0.3) is 5.91 Å². The number of nitrogens with zero attached hydrogens (tertiary/aromatic N) is 3. The maximum atomic E-state index is 12.1. The van der Waals surface area contributed by atoms with Crippen molar-refractivity contribution >= 4 is 29.1 Å². The van der Waals surface area contributed by atoms with Crippen LogP contribution in [0.2, 0.25) is 0 Å². The smallest absolute Gasteiger partial charge is 0.257 e. The van der Waals surface area contributed by atoms with Crippen molar-refractivity contribution in [2.75, 3.05) is 6.54 Å². The highest BCUT2D eigenvalue weighted by Crippen LogP contribution is 2.32. The predicted octanol–water partition coefficient (Wildman–Crippen LogP) is 1.90. The van der Waals surface area contributed by atoms with E-state index in [-0.39, 0.29) is 0 Å². The van der Waals surface area contributed by atoms with Crippen molar-refractivity contribution in [3.8, 4) is 0 Å². The molecule has 2 unspecified atom stereocenters. The number of aryl methyl sites for hydroxylation is 1. The third kappa shape index (κ3) is 3.27. The number of rotatable bonds is 5. The molecule has 8 heteroatoms. The van der Waals surface area contributed by atoms with Crippen LogP contribution in [0.15, 0.2) is 47.6 Å². The first kappa shape index (κ1) is 18.8. The molecule has 0 aliphatic carbocycles. The first-order chi connectivity index (χ1) is 14.0. The zero-order chi connectivity index (χ0) is 20.5. The van der Waals surface area contributed by atoms with Gasteiger partial charge in [0, 0.05) is 17.7 Å². The van der Waals surface area contributed by atoms with Crippen molar-refractivity contribution < 1.29 is 14.7 Å². The highest BCUT2D eigenvalue weighted by molar-refractivity contribution is 6.05. The van der Waals surface area contributed by atoms with Crippen LogP contribution in [0.5, 0.6) is 0 Å². The number of fused-ring (bicyclic) bond motifs is 1. The number of aromatic nitrogens is 2. The van der Waals surface area contributed by atoms with Crippen molar-refractivity contribution in [3.63, 3.8) is 0 Å². The van der Waals surface area contributed by atoms with Crippen LogP contribution in [0.1, 0.15) is 40.3 Å². The number of hydrazone groups is 1. The Morgan fingerprint density at radius 3 is 2.76 bits per heavy atom. The second-order valence-electron chi connectivity index (χ2n) is 6.89. The van der Waals surface area contributed by atoms with Gasteiger partial charge < -0.3 is 10.1 Å².